The van der Waals surface area contributed by atoms with Gasteiger partial charge in [0, 0.05) is 12.6 Å². The first-order chi connectivity index (χ1) is 8.22. The van der Waals surface area contributed by atoms with Gasteiger partial charge < -0.3 is 10.6 Å². The van der Waals surface area contributed by atoms with Crippen molar-refractivity contribution >= 4 is 11.4 Å². The molecule has 0 radical (unpaired) electrons. The maximum absolute atomic E-state index is 6.10. The summed E-state index contributed by atoms with van der Waals surface area (Å²) < 4.78 is 0. The summed E-state index contributed by atoms with van der Waals surface area (Å²) in [6.07, 6.45) is 5.36. The molecule has 1 fully saturated rings. The highest BCUT2D eigenvalue weighted by Gasteiger charge is 2.24. The Hall–Kier alpha value is -1.18. The summed E-state index contributed by atoms with van der Waals surface area (Å²) in [4.78, 5) is 2.49. The fourth-order valence-electron chi connectivity index (χ4n) is 3.06. The molecule has 1 aromatic carbocycles. The molecule has 2 rings (SSSR count). The molecule has 17 heavy (non-hydrogen) atoms. The highest BCUT2D eigenvalue weighted by atomic mass is 15.2. The van der Waals surface area contributed by atoms with Crippen molar-refractivity contribution < 1.29 is 0 Å². The maximum atomic E-state index is 6.10. The molecule has 1 aliphatic carbocycles. The fraction of sp³-hybridized carbons (Fsp3) is 0.600. The smallest absolute Gasteiger partial charge is 0.0602 e. The van der Waals surface area contributed by atoms with Gasteiger partial charge in [-0.25, -0.2) is 0 Å². The topological polar surface area (TPSA) is 29.3 Å². The van der Waals surface area contributed by atoms with Crippen molar-refractivity contribution in [1.29, 1.82) is 0 Å². The normalized spacial score (nSPS) is 24.6. The number of hydrogen-bond donors (Lipinski definition) is 1. The van der Waals surface area contributed by atoms with E-state index in [0.717, 1.165) is 18.2 Å². The molecule has 2 atom stereocenters. The zero-order valence-electron chi connectivity index (χ0n) is 11.0. The summed E-state index contributed by atoms with van der Waals surface area (Å²) in [5.41, 5.74) is 8.22. The van der Waals surface area contributed by atoms with Gasteiger partial charge in [0.2, 0.25) is 0 Å². The van der Waals surface area contributed by atoms with E-state index in [4.69, 9.17) is 5.73 Å². The summed E-state index contributed by atoms with van der Waals surface area (Å²) in [5.74, 6) is 0.854. The van der Waals surface area contributed by atoms with Gasteiger partial charge in [-0.1, -0.05) is 31.9 Å². The number of nitrogen functional groups attached to an aromatic ring is 1. The molecule has 0 spiro atoms. The van der Waals surface area contributed by atoms with Gasteiger partial charge in [-0.3, -0.25) is 0 Å². The van der Waals surface area contributed by atoms with Crippen molar-refractivity contribution in [2.45, 2.75) is 45.6 Å². The standard InChI is InChI=1S/C15H24N2/c1-3-17(13-8-6-7-12(2)11-13)15-10-5-4-9-14(15)16/h4-5,9-10,12-13H,3,6-8,11,16H2,1-2H3. The minimum Gasteiger partial charge on any atom is -0.397 e. The van der Waals surface area contributed by atoms with Gasteiger partial charge in [-0.2, -0.15) is 0 Å². The number of nitrogens with two attached hydrogens (primary N) is 1. The molecule has 2 N–H and O–H groups in total. The van der Waals surface area contributed by atoms with E-state index in [0.29, 0.717) is 6.04 Å². The van der Waals surface area contributed by atoms with Gasteiger partial charge in [-0.15, -0.1) is 0 Å². The van der Waals surface area contributed by atoms with Crippen molar-refractivity contribution in [3.63, 3.8) is 0 Å². The summed E-state index contributed by atoms with van der Waals surface area (Å²) >= 11 is 0. The minimum absolute atomic E-state index is 0.674. The van der Waals surface area contributed by atoms with E-state index in [-0.39, 0.29) is 0 Å². The van der Waals surface area contributed by atoms with E-state index in [9.17, 15) is 0 Å². The van der Waals surface area contributed by atoms with Crippen LogP contribution in [0.1, 0.15) is 39.5 Å². The van der Waals surface area contributed by atoms with E-state index in [1.807, 2.05) is 12.1 Å². The van der Waals surface area contributed by atoms with E-state index < -0.39 is 0 Å². The van der Waals surface area contributed by atoms with Crippen LogP contribution in [-0.4, -0.2) is 12.6 Å². The Bertz CT molecular complexity index is 362. The van der Waals surface area contributed by atoms with Gasteiger partial charge in [0.05, 0.1) is 11.4 Å². The Morgan fingerprint density at radius 2 is 2.06 bits per heavy atom. The molecule has 0 amide bonds. The molecule has 0 aromatic heterocycles. The van der Waals surface area contributed by atoms with E-state index >= 15 is 0 Å². The molecular weight excluding hydrogens is 208 g/mol. The number of rotatable bonds is 3. The van der Waals surface area contributed by atoms with Gasteiger partial charge in [-0.05, 0) is 37.8 Å². The maximum Gasteiger partial charge on any atom is 0.0602 e. The predicted molar refractivity (Wildman–Crippen MR) is 75.3 cm³/mol. The first-order valence-electron chi connectivity index (χ1n) is 6.83. The quantitative estimate of drug-likeness (QED) is 0.806. The lowest BCUT2D eigenvalue weighted by Gasteiger charge is -2.38. The van der Waals surface area contributed by atoms with E-state index in [2.05, 4.69) is 30.9 Å². The highest BCUT2D eigenvalue weighted by molar-refractivity contribution is 5.67. The summed E-state index contributed by atoms with van der Waals surface area (Å²) in [6.45, 7) is 5.64. The second-order valence-electron chi connectivity index (χ2n) is 5.27. The van der Waals surface area contributed by atoms with Crippen LogP contribution >= 0.6 is 0 Å². The van der Waals surface area contributed by atoms with Crippen LogP contribution < -0.4 is 10.6 Å². The molecule has 2 nitrogen and oxygen atoms in total. The Morgan fingerprint density at radius 1 is 1.29 bits per heavy atom. The summed E-state index contributed by atoms with van der Waals surface area (Å²) in [5, 5.41) is 0. The van der Waals surface area contributed by atoms with Crippen LogP contribution in [0.4, 0.5) is 11.4 Å². The average Bonchev–Trinajstić information content (AvgIpc) is 2.33. The predicted octanol–water partition coefficient (Wildman–Crippen LogP) is 3.67. The summed E-state index contributed by atoms with van der Waals surface area (Å²) in [6, 6.07) is 8.92. The molecule has 0 saturated heterocycles. The summed E-state index contributed by atoms with van der Waals surface area (Å²) in [7, 11) is 0. The van der Waals surface area contributed by atoms with Crippen LogP contribution in [0.3, 0.4) is 0 Å². The SMILES string of the molecule is CCN(c1ccccc1N)C1CCCC(C)C1. The zero-order chi connectivity index (χ0) is 12.3. The molecule has 0 heterocycles. The first kappa shape index (κ1) is 12.3. The van der Waals surface area contributed by atoms with Gasteiger partial charge in [0.1, 0.15) is 0 Å². The second-order valence-corrected chi connectivity index (χ2v) is 5.27. The fourth-order valence-corrected chi connectivity index (χ4v) is 3.06. The lowest BCUT2D eigenvalue weighted by atomic mass is 9.86. The minimum atomic E-state index is 0.674. The lowest BCUT2D eigenvalue weighted by molar-refractivity contribution is 0.331. The van der Waals surface area contributed by atoms with Crippen molar-refractivity contribution in [2.75, 3.05) is 17.2 Å². The second kappa shape index (κ2) is 5.44. The van der Waals surface area contributed by atoms with Crippen molar-refractivity contribution in [1.82, 2.24) is 0 Å². The Morgan fingerprint density at radius 3 is 2.71 bits per heavy atom. The number of hydrogen-bond acceptors (Lipinski definition) is 2. The number of para-hydroxylation sites is 2. The van der Waals surface area contributed by atoms with Crippen LogP contribution in [0.2, 0.25) is 0 Å². The van der Waals surface area contributed by atoms with Gasteiger partial charge >= 0.3 is 0 Å². The number of anilines is 2. The average molecular weight is 232 g/mol. The molecular formula is C15H24N2. The Labute approximate surface area is 105 Å². The zero-order valence-corrected chi connectivity index (χ0v) is 11.0. The molecule has 1 saturated carbocycles. The van der Waals surface area contributed by atoms with Crippen LogP contribution in [0, 0.1) is 5.92 Å². The molecule has 0 aliphatic heterocycles. The van der Waals surface area contributed by atoms with Gasteiger partial charge in [0.15, 0.2) is 0 Å². The molecule has 1 aliphatic rings. The number of benzene rings is 1. The van der Waals surface area contributed by atoms with Crippen molar-refractivity contribution in [2.24, 2.45) is 5.92 Å². The third-order valence-electron chi connectivity index (χ3n) is 3.94. The first-order valence-corrected chi connectivity index (χ1v) is 6.83. The van der Waals surface area contributed by atoms with Crippen LogP contribution in [0.15, 0.2) is 24.3 Å². The molecule has 0 bridgehead atoms. The highest BCUT2D eigenvalue weighted by Crippen LogP contribution is 2.32. The third-order valence-corrected chi connectivity index (χ3v) is 3.94. The van der Waals surface area contributed by atoms with Crippen LogP contribution in [0.5, 0.6) is 0 Å². The lowest BCUT2D eigenvalue weighted by Crippen LogP contribution is -2.38. The number of nitrogens with zero attached hydrogens (tertiary/aromatic N) is 1. The molecule has 94 valence electrons. The van der Waals surface area contributed by atoms with Crippen molar-refractivity contribution in [3.05, 3.63) is 24.3 Å². The molecule has 2 heteroatoms. The monoisotopic (exact) mass is 232 g/mol. The Balaban J connectivity index is 2.18. The largest absolute Gasteiger partial charge is 0.397 e. The van der Waals surface area contributed by atoms with E-state index in [1.165, 1.54) is 31.4 Å². The Kier molecular flexibility index (Phi) is 3.93. The van der Waals surface area contributed by atoms with Crippen LogP contribution in [0.25, 0.3) is 0 Å². The third kappa shape index (κ3) is 2.74. The van der Waals surface area contributed by atoms with E-state index in [1.54, 1.807) is 0 Å². The molecule has 1 aromatic rings. The van der Waals surface area contributed by atoms with Crippen molar-refractivity contribution in [3.8, 4) is 0 Å². The molecule has 2 unspecified atom stereocenters. The van der Waals surface area contributed by atoms with Gasteiger partial charge in [0.25, 0.3) is 0 Å². The van der Waals surface area contributed by atoms with Crippen LogP contribution in [-0.2, 0) is 0 Å².